The number of benzene rings is 2. The van der Waals surface area contributed by atoms with Gasteiger partial charge in [0.1, 0.15) is 6.04 Å². The third kappa shape index (κ3) is 6.04. The van der Waals surface area contributed by atoms with Gasteiger partial charge in [0.25, 0.3) is 5.91 Å². The molecule has 8 heteroatoms. The molecule has 2 N–H and O–H groups in total. The predicted molar refractivity (Wildman–Crippen MR) is 132 cm³/mol. The number of para-hydroxylation sites is 1. The fraction of sp³-hybridized carbons (Fsp3) is 0.346. The summed E-state index contributed by atoms with van der Waals surface area (Å²) in [5.41, 5.74) is 1.45. The second-order valence-corrected chi connectivity index (χ2v) is 9.28. The van der Waals surface area contributed by atoms with Crippen LogP contribution in [0.15, 0.2) is 59.4 Å². The van der Waals surface area contributed by atoms with Gasteiger partial charge >= 0.3 is 5.97 Å². The first-order chi connectivity index (χ1) is 16.4. The summed E-state index contributed by atoms with van der Waals surface area (Å²) in [6.45, 7) is 2.21. The fourth-order valence-electron chi connectivity index (χ4n) is 4.41. The molecule has 1 amide bonds. The molecule has 2 heterocycles. The molecule has 1 aliphatic heterocycles. The Labute approximate surface area is 203 Å². The number of H-pyrrole nitrogens is 1. The maximum atomic E-state index is 13.2. The molecule has 34 heavy (non-hydrogen) atoms. The molecule has 178 valence electrons. The van der Waals surface area contributed by atoms with Crippen LogP contribution in [0.3, 0.4) is 0 Å². The van der Waals surface area contributed by atoms with Gasteiger partial charge < -0.3 is 19.9 Å². The van der Waals surface area contributed by atoms with E-state index in [1.165, 1.54) is 6.07 Å². The number of pyridine rings is 1. The van der Waals surface area contributed by atoms with Crippen LogP contribution in [0.25, 0.3) is 10.9 Å². The number of nitrogens with zero attached hydrogens (tertiary/aromatic N) is 1. The van der Waals surface area contributed by atoms with Gasteiger partial charge in [-0.25, -0.2) is 4.79 Å². The number of amides is 1. The number of ether oxygens (including phenoxy) is 1. The number of hydrogen-bond donors (Lipinski definition) is 2. The normalized spacial score (nSPS) is 17.3. The largest absolute Gasteiger partial charge is 0.464 e. The number of carbonyl (C=O) groups is 2. The van der Waals surface area contributed by atoms with Crippen molar-refractivity contribution in [3.63, 3.8) is 0 Å². The average molecular weight is 482 g/mol. The summed E-state index contributed by atoms with van der Waals surface area (Å²) in [7, 11) is 2.06. The summed E-state index contributed by atoms with van der Waals surface area (Å²) >= 11 is 5.93. The quantitative estimate of drug-likeness (QED) is 0.505. The SMILES string of the molecule is CN1CCCC(COC(=O)C(Cc2cc(=O)[nH]c3ccccc23)NC(=O)c2ccc(Cl)cc2)C1. The number of piperidine rings is 1. The van der Waals surface area contributed by atoms with Crippen molar-refractivity contribution in [1.29, 1.82) is 0 Å². The minimum absolute atomic E-state index is 0.132. The van der Waals surface area contributed by atoms with Crippen LogP contribution in [0, 0.1) is 5.92 Å². The van der Waals surface area contributed by atoms with E-state index in [0.29, 0.717) is 28.3 Å². The molecule has 0 saturated carbocycles. The second-order valence-electron chi connectivity index (χ2n) is 8.84. The fourth-order valence-corrected chi connectivity index (χ4v) is 4.54. The van der Waals surface area contributed by atoms with E-state index < -0.39 is 17.9 Å². The molecule has 7 nitrogen and oxygen atoms in total. The molecule has 2 atom stereocenters. The highest BCUT2D eigenvalue weighted by Gasteiger charge is 2.26. The molecule has 3 aromatic rings. The molecule has 0 bridgehead atoms. The first-order valence-electron chi connectivity index (χ1n) is 11.4. The van der Waals surface area contributed by atoms with Gasteiger partial charge in [-0.05, 0) is 62.3 Å². The Hall–Kier alpha value is -3.16. The maximum Gasteiger partial charge on any atom is 0.329 e. The lowest BCUT2D eigenvalue weighted by molar-refractivity contribution is -0.147. The third-order valence-corrected chi connectivity index (χ3v) is 6.39. The van der Waals surface area contributed by atoms with E-state index >= 15 is 0 Å². The summed E-state index contributed by atoms with van der Waals surface area (Å²) in [5, 5.41) is 4.13. The van der Waals surface area contributed by atoms with Gasteiger partial charge in [0.2, 0.25) is 5.56 Å². The van der Waals surface area contributed by atoms with Crippen LogP contribution < -0.4 is 10.9 Å². The standard InChI is InChI=1S/C26H28ClN3O4/c1-30-12-4-5-17(15-30)16-34-26(33)23(29-25(32)18-8-10-20(27)11-9-18)13-19-14-24(31)28-22-7-3-2-6-21(19)22/h2-3,6-11,14,17,23H,4-5,12-13,15-16H2,1H3,(H,28,31)(H,29,32). The number of fused-ring (bicyclic) bond motifs is 1. The summed E-state index contributed by atoms with van der Waals surface area (Å²) < 4.78 is 5.68. The van der Waals surface area contributed by atoms with Gasteiger partial charge in [0, 0.05) is 46.4 Å². The maximum absolute atomic E-state index is 13.2. The van der Waals surface area contributed by atoms with Crippen molar-refractivity contribution in [3.05, 3.63) is 81.1 Å². The molecule has 1 fully saturated rings. The van der Waals surface area contributed by atoms with E-state index in [1.807, 2.05) is 18.2 Å². The molecular weight excluding hydrogens is 454 g/mol. The molecule has 0 spiro atoms. The lowest BCUT2D eigenvalue weighted by atomic mass is 9.99. The Morgan fingerprint density at radius 3 is 2.74 bits per heavy atom. The number of likely N-dealkylation sites (tertiary alicyclic amines) is 1. The zero-order chi connectivity index (χ0) is 24.1. The van der Waals surface area contributed by atoms with Gasteiger partial charge in [-0.1, -0.05) is 29.8 Å². The molecule has 0 aliphatic carbocycles. The van der Waals surface area contributed by atoms with E-state index in [-0.39, 0.29) is 17.9 Å². The second kappa shape index (κ2) is 10.8. The van der Waals surface area contributed by atoms with Crippen molar-refractivity contribution in [1.82, 2.24) is 15.2 Å². The Bertz CT molecular complexity index is 1220. The number of carbonyl (C=O) groups excluding carboxylic acids is 2. The van der Waals surface area contributed by atoms with Crippen molar-refractivity contribution in [2.24, 2.45) is 5.92 Å². The Morgan fingerprint density at radius 1 is 1.21 bits per heavy atom. The number of aromatic amines is 1. The van der Waals surface area contributed by atoms with E-state index in [2.05, 4.69) is 22.2 Å². The van der Waals surface area contributed by atoms with Crippen LogP contribution in [0.4, 0.5) is 0 Å². The lowest BCUT2D eigenvalue weighted by Gasteiger charge is -2.29. The van der Waals surface area contributed by atoms with E-state index in [9.17, 15) is 14.4 Å². The Kier molecular flexibility index (Phi) is 7.65. The summed E-state index contributed by atoms with van der Waals surface area (Å²) in [4.78, 5) is 43.3. The molecular formula is C26H28ClN3O4. The zero-order valence-corrected chi connectivity index (χ0v) is 19.8. The van der Waals surface area contributed by atoms with Crippen molar-refractivity contribution in [2.75, 3.05) is 26.7 Å². The summed E-state index contributed by atoms with van der Waals surface area (Å²) in [6.07, 6.45) is 2.19. The first-order valence-corrected chi connectivity index (χ1v) is 11.8. The van der Waals surface area contributed by atoms with Gasteiger partial charge in [-0.2, -0.15) is 0 Å². The number of nitrogens with one attached hydrogen (secondary N) is 2. The first kappa shape index (κ1) is 24.0. The van der Waals surface area contributed by atoms with E-state index in [4.69, 9.17) is 16.3 Å². The van der Waals surface area contributed by atoms with Crippen molar-refractivity contribution in [2.45, 2.75) is 25.3 Å². The molecule has 2 aromatic carbocycles. The molecule has 4 rings (SSSR count). The van der Waals surface area contributed by atoms with Crippen LogP contribution in [0.5, 0.6) is 0 Å². The Morgan fingerprint density at radius 2 is 1.97 bits per heavy atom. The van der Waals surface area contributed by atoms with Crippen LogP contribution in [-0.4, -0.2) is 54.5 Å². The zero-order valence-electron chi connectivity index (χ0n) is 19.1. The number of hydrogen-bond acceptors (Lipinski definition) is 5. The average Bonchev–Trinajstić information content (AvgIpc) is 2.82. The molecule has 1 aromatic heterocycles. The van der Waals surface area contributed by atoms with Crippen molar-refractivity contribution in [3.8, 4) is 0 Å². The van der Waals surface area contributed by atoms with Crippen LogP contribution in [0.1, 0.15) is 28.8 Å². The smallest absolute Gasteiger partial charge is 0.329 e. The predicted octanol–water partition coefficient (Wildman–Crippen LogP) is 3.41. The van der Waals surface area contributed by atoms with Crippen LogP contribution in [0.2, 0.25) is 5.02 Å². The molecule has 1 saturated heterocycles. The Balaban J connectivity index is 1.55. The third-order valence-electron chi connectivity index (χ3n) is 6.14. The van der Waals surface area contributed by atoms with Crippen molar-refractivity contribution >= 4 is 34.4 Å². The minimum Gasteiger partial charge on any atom is -0.464 e. The van der Waals surface area contributed by atoms with Gasteiger partial charge in [-0.3, -0.25) is 9.59 Å². The molecule has 0 radical (unpaired) electrons. The van der Waals surface area contributed by atoms with Gasteiger partial charge in [0.05, 0.1) is 6.61 Å². The highest BCUT2D eigenvalue weighted by atomic mass is 35.5. The number of aromatic nitrogens is 1. The van der Waals surface area contributed by atoms with Gasteiger partial charge in [0.15, 0.2) is 0 Å². The van der Waals surface area contributed by atoms with Crippen LogP contribution >= 0.6 is 11.6 Å². The van der Waals surface area contributed by atoms with Crippen LogP contribution in [-0.2, 0) is 16.0 Å². The summed E-state index contributed by atoms with van der Waals surface area (Å²) in [5.74, 6) is -0.666. The molecule has 1 aliphatic rings. The van der Waals surface area contributed by atoms with Gasteiger partial charge in [-0.15, -0.1) is 0 Å². The molecule has 2 unspecified atom stereocenters. The van der Waals surface area contributed by atoms with Crippen molar-refractivity contribution < 1.29 is 14.3 Å². The topological polar surface area (TPSA) is 91.5 Å². The van der Waals surface area contributed by atoms with E-state index in [0.717, 1.165) is 31.3 Å². The number of halogens is 1. The number of rotatable bonds is 7. The summed E-state index contributed by atoms with van der Waals surface area (Å²) in [6, 6.07) is 14.3. The lowest BCUT2D eigenvalue weighted by Crippen LogP contribution is -2.44. The highest BCUT2D eigenvalue weighted by Crippen LogP contribution is 2.19. The highest BCUT2D eigenvalue weighted by molar-refractivity contribution is 6.30. The minimum atomic E-state index is -0.949. The monoisotopic (exact) mass is 481 g/mol. The number of esters is 1. The van der Waals surface area contributed by atoms with E-state index in [1.54, 1.807) is 30.3 Å².